The lowest BCUT2D eigenvalue weighted by molar-refractivity contribution is 0.164. The van der Waals surface area contributed by atoms with E-state index in [0.29, 0.717) is 6.04 Å². The average molecular weight is 205 g/mol. The summed E-state index contributed by atoms with van der Waals surface area (Å²) in [5, 5.41) is 6.97. The van der Waals surface area contributed by atoms with Crippen LogP contribution < -0.4 is 10.6 Å². The van der Waals surface area contributed by atoms with Gasteiger partial charge in [-0.3, -0.25) is 4.98 Å². The van der Waals surface area contributed by atoms with Crippen molar-refractivity contribution < 1.29 is 4.74 Å². The third kappa shape index (κ3) is 1.36. The lowest BCUT2D eigenvalue weighted by Gasteiger charge is -2.27. The van der Waals surface area contributed by atoms with Crippen LogP contribution in [0.2, 0.25) is 0 Å². The summed E-state index contributed by atoms with van der Waals surface area (Å²) in [6.45, 7) is 4.80. The van der Waals surface area contributed by atoms with Crippen LogP contribution in [0.25, 0.3) is 0 Å². The Morgan fingerprint density at radius 3 is 3.40 bits per heavy atom. The van der Waals surface area contributed by atoms with Gasteiger partial charge in [-0.1, -0.05) is 6.92 Å². The molecule has 2 unspecified atom stereocenters. The molecule has 3 rings (SSSR count). The van der Waals surface area contributed by atoms with Gasteiger partial charge in [-0.25, -0.2) is 0 Å². The van der Waals surface area contributed by atoms with Crippen LogP contribution in [0.3, 0.4) is 0 Å². The van der Waals surface area contributed by atoms with Crippen LogP contribution in [0.1, 0.15) is 6.92 Å². The topological polar surface area (TPSA) is 46.2 Å². The molecule has 4 nitrogen and oxygen atoms in total. The minimum absolute atomic E-state index is 0.180. The largest absolute Gasteiger partial charge is 0.381 e. The molecule has 0 amide bonds. The summed E-state index contributed by atoms with van der Waals surface area (Å²) < 4.78 is 5.55. The van der Waals surface area contributed by atoms with Gasteiger partial charge in [-0.05, 0) is 6.07 Å². The van der Waals surface area contributed by atoms with Crippen molar-refractivity contribution in [3.05, 3.63) is 18.5 Å². The lowest BCUT2D eigenvalue weighted by Crippen LogP contribution is -2.40. The van der Waals surface area contributed by atoms with E-state index in [1.165, 1.54) is 0 Å². The SMILES string of the molecule is CC12CNc3cnccc3NC1COC2. The van der Waals surface area contributed by atoms with Gasteiger partial charge < -0.3 is 15.4 Å². The number of pyridine rings is 1. The Bertz CT molecular complexity index is 382. The Morgan fingerprint density at radius 1 is 1.53 bits per heavy atom. The van der Waals surface area contributed by atoms with Gasteiger partial charge in [0.2, 0.25) is 0 Å². The molecular weight excluding hydrogens is 190 g/mol. The first-order valence-electron chi connectivity index (χ1n) is 5.30. The minimum Gasteiger partial charge on any atom is -0.381 e. The second-order valence-corrected chi connectivity index (χ2v) is 4.64. The standard InChI is InChI=1S/C11H15N3O/c1-11-6-13-9-4-12-3-2-8(9)14-10(11)5-15-7-11/h2-4,10,13-14H,5-7H2,1H3. The second-order valence-electron chi connectivity index (χ2n) is 4.64. The Kier molecular flexibility index (Phi) is 1.85. The van der Waals surface area contributed by atoms with Gasteiger partial charge in [0, 0.05) is 18.2 Å². The van der Waals surface area contributed by atoms with Crippen LogP contribution in [-0.4, -0.2) is 30.8 Å². The molecule has 0 spiro atoms. The van der Waals surface area contributed by atoms with Crippen molar-refractivity contribution >= 4 is 11.4 Å². The molecule has 2 aliphatic heterocycles. The van der Waals surface area contributed by atoms with E-state index in [9.17, 15) is 0 Å². The van der Waals surface area contributed by atoms with E-state index in [0.717, 1.165) is 31.1 Å². The van der Waals surface area contributed by atoms with Crippen LogP contribution in [-0.2, 0) is 4.74 Å². The maximum atomic E-state index is 5.55. The Labute approximate surface area is 89.0 Å². The highest BCUT2D eigenvalue weighted by atomic mass is 16.5. The van der Waals surface area contributed by atoms with E-state index in [4.69, 9.17) is 4.74 Å². The smallest absolute Gasteiger partial charge is 0.0762 e. The van der Waals surface area contributed by atoms with Crippen molar-refractivity contribution in [3.63, 3.8) is 0 Å². The minimum atomic E-state index is 0.180. The summed E-state index contributed by atoms with van der Waals surface area (Å²) in [6.07, 6.45) is 3.68. The van der Waals surface area contributed by atoms with Gasteiger partial charge in [0.05, 0.1) is 36.8 Å². The number of aromatic nitrogens is 1. The molecule has 2 aliphatic rings. The third-order valence-corrected chi connectivity index (χ3v) is 3.39. The number of nitrogens with zero attached hydrogens (tertiary/aromatic N) is 1. The fourth-order valence-corrected chi connectivity index (χ4v) is 2.25. The summed E-state index contributed by atoms with van der Waals surface area (Å²) in [5.41, 5.74) is 2.40. The first-order valence-corrected chi connectivity index (χ1v) is 5.30. The van der Waals surface area contributed by atoms with Gasteiger partial charge in [0.1, 0.15) is 0 Å². The quantitative estimate of drug-likeness (QED) is 0.670. The van der Waals surface area contributed by atoms with Crippen molar-refractivity contribution in [2.75, 3.05) is 30.4 Å². The number of hydrogen-bond acceptors (Lipinski definition) is 4. The molecule has 2 N–H and O–H groups in total. The molecule has 1 aromatic rings. The fraction of sp³-hybridized carbons (Fsp3) is 0.545. The molecule has 1 saturated heterocycles. The first kappa shape index (κ1) is 8.97. The summed E-state index contributed by atoms with van der Waals surface area (Å²) >= 11 is 0. The molecule has 0 aliphatic carbocycles. The molecule has 0 saturated carbocycles. The molecule has 0 aromatic carbocycles. The summed E-state index contributed by atoms with van der Waals surface area (Å²) in [7, 11) is 0. The Balaban J connectivity index is 1.97. The molecule has 3 heterocycles. The van der Waals surface area contributed by atoms with E-state index in [1.807, 2.05) is 18.5 Å². The molecule has 2 atom stereocenters. The highest BCUT2D eigenvalue weighted by Crippen LogP contribution is 2.36. The molecule has 1 aromatic heterocycles. The normalized spacial score (nSPS) is 33.3. The van der Waals surface area contributed by atoms with Gasteiger partial charge in [0.15, 0.2) is 0 Å². The lowest BCUT2D eigenvalue weighted by atomic mass is 9.85. The molecular formula is C11H15N3O. The van der Waals surface area contributed by atoms with Crippen molar-refractivity contribution in [1.82, 2.24) is 4.98 Å². The van der Waals surface area contributed by atoms with E-state index < -0.39 is 0 Å². The molecule has 4 heteroatoms. The average Bonchev–Trinajstić information content (AvgIpc) is 2.54. The summed E-state index contributed by atoms with van der Waals surface area (Å²) in [4.78, 5) is 4.12. The van der Waals surface area contributed by atoms with E-state index >= 15 is 0 Å². The first-order chi connectivity index (χ1) is 7.28. The highest BCUT2D eigenvalue weighted by molar-refractivity contribution is 5.69. The van der Waals surface area contributed by atoms with Gasteiger partial charge >= 0.3 is 0 Å². The van der Waals surface area contributed by atoms with E-state index in [2.05, 4.69) is 22.5 Å². The number of nitrogens with one attached hydrogen (secondary N) is 2. The predicted molar refractivity (Wildman–Crippen MR) is 59.1 cm³/mol. The third-order valence-electron chi connectivity index (χ3n) is 3.39. The van der Waals surface area contributed by atoms with Crippen LogP contribution in [0, 0.1) is 5.41 Å². The van der Waals surface area contributed by atoms with Crippen LogP contribution in [0.5, 0.6) is 0 Å². The molecule has 80 valence electrons. The number of fused-ring (bicyclic) bond motifs is 2. The Morgan fingerprint density at radius 2 is 2.47 bits per heavy atom. The number of hydrogen-bond donors (Lipinski definition) is 2. The molecule has 1 fully saturated rings. The van der Waals surface area contributed by atoms with E-state index in [-0.39, 0.29) is 5.41 Å². The maximum absolute atomic E-state index is 5.55. The predicted octanol–water partition coefficient (Wildman–Crippen LogP) is 1.32. The van der Waals surface area contributed by atoms with Crippen LogP contribution in [0.4, 0.5) is 11.4 Å². The monoisotopic (exact) mass is 205 g/mol. The van der Waals surface area contributed by atoms with Crippen molar-refractivity contribution in [2.45, 2.75) is 13.0 Å². The second kappa shape index (κ2) is 3.10. The molecule has 0 radical (unpaired) electrons. The zero-order chi connectivity index (χ0) is 10.3. The summed E-state index contributed by atoms with van der Waals surface area (Å²) in [6, 6.07) is 2.40. The molecule has 0 bridgehead atoms. The fourth-order valence-electron chi connectivity index (χ4n) is 2.25. The van der Waals surface area contributed by atoms with Crippen molar-refractivity contribution in [1.29, 1.82) is 0 Å². The van der Waals surface area contributed by atoms with E-state index in [1.54, 1.807) is 0 Å². The van der Waals surface area contributed by atoms with Crippen molar-refractivity contribution in [2.24, 2.45) is 5.41 Å². The highest BCUT2D eigenvalue weighted by Gasteiger charge is 2.41. The van der Waals surface area contributed by atoms with Crippen LogP contribution >= 0.6 is 0 Å². The van der Waals surface area contributed by atoms with Gasteiger partial charge in [-0.2, -0.15) is 0 Å². The number of ether oxygens (including phenoxy) is 1. The van der Waals surface area contributed by atoms with Crippen molar-refractivity contribution in [3.8, 4) is 0 Å². The zero-order valence-electron chi connectivity index (χ0n) is 8.79. The summed E-state index contributed by atoms with van der Waals surface area (Å²) in [5.74, 6) is 0. The zero-order valence-corrected chi connectivity index (χ0v) is 8.79. The Hall–Kier alpha value is -1.29. The van der Waals surface area contributed by atoms with Gasteiger partial charge in [0.25, 0.3) is 0 Å². The van der Waals surface area contributed by atoms with Gasteiger partial charge in [-0.15, -0.1) is 0 Å². The number of anilines is 2. The van der Waals surface area contributed by atoms with Crippen LogP contribution in [0.15, 0.2) is 18.5 Å². The maximum Gasteiger partial charge on any atom is 0.0762 e. The molecule has 15 heavy (non-hydrogen) atoms. The number of rotatable bonds is 0.